The van der Waals surface area contributed by atoms with Gasteiger partial charge in [0, 0.05) is 0 Å². The minimum absolute atomic E-state index is 0.174. The Kier molecular flexibility index (Phi) is 5.17. The van der Waals surface area contributed by atoms with Gasteiger partial charge in [0.05, 0.1) is 12.0 Å². The summed E-state index contributed by atoms with van der Waals surface area (Å²) in [4.78, 5) is 12.3. The number of nitrogens with one attached hydrogen (secondary N) is 1. The molecule has 1 heterocycles. The first-order chi connectivity index (χ1) is 11.7. The number of amides is 1. The number of hydrogen-bond acceptors (Lipinski definition) is 5. The molecule has 1 amide bonds. The summed E-state index contributed by atoms with van der Waals surface area (Å²) in [5.74, 6) is 1.10. The zero-order valence-electron chi connectivity index (χ0n) is 12.9. The van der Waals surface area contributed by atoms with E-state index in [1.165, 1.54) is 11.8 Å². The summed E-state index contributed by atoms with van der Waals surface area (Å²) >= 11 is 6.25. The van der Waals surface area contributed by atoms with Crippen molar-refractivity contribution in [2.45, 2.75) is 6.61 Å². The highest BCUT2D eigenvalue weighted by atomic mass is 32.2. The average Bonchev–Trinajstić information content (AvgIpc) is 2.91. The van der Waals surface area contributed by atoms with E-state index in [-0.39, 0.29) is 5.91 Å². The molecule has 122 valence electrons. The van der Waals surface area contributed by atoms with Crippen LogP contribution in [0, 0.1) is 0 Å². The van der Waals surface area contributed by atoms with Crippen molar-refractivity contribution >= 4 is 40.3 Å². The number of thioether (sulfide) groups is 1. The van der Waals surface area contributed by atoms with Crippen molar-refractivity contribution < 1.29 is 14.3 Å². The highest BCUT2D eigenvalue weighted by Crippen LogP contribution is 2.32. The van der Waals surface area contributed by atoms with E-state index in [1.54, 1.807) is 13.2 Å². The second-order valence-electron chi connectivity index (χ2n) is 5.04. The number of carbonyl (C=O) groups excluding carboxylic acids is 1. The topological polar surface area (TPSA) is 47.6 Å². The molecule has 1 fully saturated rings. The first-order valence-corrected chi connectivity index (χ1v) is 8.48. The zero-order valence-corrected chi connectivity index (χ0v) is 14.6. The van der Waals surface area contributed by atoms with Crippen molar-refractivity contribution in [3.63, 3.8) is 0 Å². The molecule has 0 aliphatic carbocycles. The maximum absolute atomic E-state index is 11.8. The third kappa shape index (κ3) is 3.96. The lowest BCUT2D eigenvalue weighted by Crippen LogP contribution is -2.17. The SMILES string of the molecule is COc1ccc(/C=C2/SC(=S)NC2=O)cc1OCc1ccccc1. The number of carbonyl (C=O) groups is 1. The van der Waals surface area contributed by atoms with E-state index < -0.39 is 0 Å². The first kappa shape index (κ1) is 16.5. The average molecular weight is 357 g/mol. The number of rotatable bonds is 5. The van der Waals surface area contributed by atoms with E-state index in [1.807, 2.05) is 48.5 Å². The van der Waals surface area contributed by atoms with Crippen LogP contribution in [0.1, 0.15) is 11.1 Å². The first-order valence-electron chi connectivity index (χ1n) is 7.25. The van der Waals surface area contributed by atoms with Crippen LogP contribution < -0.4 is 14.8 Å². The lowest BCUT2D eigenvalue weighted by molar-refractivity contribution is -0.115. The zero-order chi connectivity index (χ0) is 16.9. The quantitative estimate of drug-likeness (QED) is 0.652. The minimum Gasteiger partial charge on any atom is -0.493 e. The Hall–Kier alpha value is -2.31. The standard InChI is InChI=1S/C18H15NO3S2/c1-21-14-8-7-13(10-16-17(20)19-18(23)24-16)9-15(14)22-11-12-5-3-2-4-6-12/h2-10H,11H2,1H3,(H,19,20,23)/b16-10+. The van der Waals surface area contributed by atoms with Gasteiger partial charge in [-0.15, -0.1) is 0 Å². The fraction of sp³-hybridized carbons (Fsp3) is 0.111. The highest BCUT2D eigenvalue weighted by molar-refractivity contribution is 8.26. The van der Waals surface area contributed by atoms with Crippen LogP contribution in [0.5, 0.6) is 11.5 Å². The van der Waals surface area contributed by atoms with Crippen molar-refractivity contribution in [3.8, 4) is 11.5 Å². The van der Waals surface area contributed by atoms with E-state index in [2.05, 4.69) is 5.32 Å². The maximum Gasteiger partial charge on any atom is 0.263 e. The number of hydrogen-bond donors (Lipinski definition) is 1. The Bertz CT molecular complexity index is 803. The number of thiocarbonyl (C=S) groups is 1. The highest BCUT2D eigenvalue weighted by Gasteiger charge is 2.22. The lowest BCUT2D eigenvalue weighted by atomic mass is 10.2. The van der Waals surface area contributed by atoms with Crippen LogP contribution in [0.3, 0.4) is 0 Å². The molecule has 3 rings (SSSR count). The molecule has 1 aliphatic rings. The molecular formula is C18H15NO3S2. The predicted molar refractivity (Wildman–Crippen MR) is 100 cm³/mol. The molecule has 4 nitrogen and oxygen atoms in total. The molecule has 0 atom stereocenters. The smallest absolute Gasteiger partial charge is 0.263 e. The second-order valence-corrected chi connectivity index (χ2v) is 6.76. The van der Waals surface area contributed by atoms with Gasteiger partial charge in [-0.3, -0.25) is 4.79 Å². The molecule has 2 aromatic carbocycles. The molecule has 0 spiro atoms. The van der Waals surface area contributed by atoms with Crippen LogP contribution in [-0.2, 0) is 11.4 Å². The van der Waals surface area contributed by atoms with Crippen molar-refractivity contribution in [1.29, 1.82) is 0 Å². The van der Waals surface area contributed by atoms with E-state index in [9.17, 15) is 4.79 Å². The summed E-state index contributed by atoms with van der Waals surface area (Å²) in [6.45, 7) is 0.441. The summed E-state index contributed by atoms with van der Waals surface area (Å²) in [7, 11) is 1.60. The monoisotopic (exact) mass is 357 g/mol. The van der Waals surface area contributed by atoms with E-state index in [0.717, 1.165) is 11.1 Å². The van der Waals surface area contributed by atoms with Gasteiger partial charge in [-0.2, -0.15) is 0 Å². The summed E-state index contributed by atoms with van der Waals surface area (Å²) < 4.78 is 11.7. The molecule has 0 unspecified atom stereocenters. The predicted octanol–water partition coefficient (Wildman–Crippen LogP) is 3.76. The summed E-state index contributed by atoms with van der Waals surface area (Å²) in [5, 5.41) is 2.60. The summed E-state index contributed by atoms with van der Waals surface area (Å²) in [6.07, 6.45) is 1.79. The molecular weight excluding hydrogens is 342 g/mol. The lowest BCUT2D eigenvalue weighted by Gasteiger charge is -2.11. The molecule has 0 saturated carbocycles. The van der Waals surface area contributed by atoms with Crippen LogP contribution >= 0.6 is 24.0 Å². The second kappa shape index (κ2) is 7.51. The van der Waals surface area contributed by atoms with Crippen molar-refractivity contribution in [2.75, 3.05) is 7.11 Å². The van der Waals surface area contributed by atoms with E-state index in [0.29, 0.717) is 27.3 Å². The van der Waals surface area contributed by atoms with Crippen molar-refractivity contribution in [3.05, 3.63) is 64.6 Å². The molecule has 1 N–H and O–H groups in total. The maximum atomic E-state index is 11.8. The van der Waals surface area contributed by atoms with Crippen molar-refractivity contribution in [2.24, 2.45) is 0 Å². The molecule has 2 aromatic rings. The summed E-state index contributed by atoms with van der Waals surface area (Å²) in [6, 6.07) is 15.4. The van der Waals surface area contributed by atoms with Gasteiger partial charge in [0.15, 0.2) is 11.5 Å². The Morgan fingerprint density at radius 3 is 2.62 bits per heavy atom. The van der Waals surface area contributed by atoms with Gasteiger partial charge >= 0.3 is 0 Å². The Morgan fingerprint density at radius 2 is 1.96 bits per heavy atom. The number of ether oxygens (including phenoxy) is 2. The van der Waals surface area contributed by atoms with Crippen molar-refractivity contribution in [1.82, 2.24) is 5.32 Å². The number of methoxy groups -OCH3 is 1. The molecule has 0 bridgehead atoms. The summed E-state index contributed by atoms with van der Waals surface area (Å²) in [5.41, 5.74) is 1.92. The normalized spacial score (nSPS) is 15.5. The van der Waals surface area contributed by atoms with E-state index >= 15 is 0 Å². The Balaban J connectivity index is 1.81. The van der Waals surface area contributed by atoms with Gasteiger partial charge in [-0.1, -0.05) is 60.4 Å². The molecule has 6 heteroatoms. The molecule has 0 radical (unpaired) electrons. The Labute approximate surface area is 149 Å². The van der Waals surface area contributed by atoms with Crippen LogP contribution in [0.2, 0.25) is 0 Å². The van der Waals surface area contributed by atoms with Crippen LogP contribution in [0.4, 0.5) is 0 Å². The molecule has 1 saturated heterocycles. The van der Waals surface area contributed by atoms with Gasteiger partial charge in [0.2, 0.25) is 0 Å². The van der Waals surface area contributed by atoms with Gasteiger partial charge in [-0.25, -0.2) is 0 Å². The molecule has 0 aromatic heterocycles. The van der Waals surface area contributed by atoms with Crippen LogP contribution in [0.15, 0.2) is 53.4 Å². The largest absolute Gasteiger partial charge is 0.493 e. The van der Waals surface area contributed by atoms with Gasteiger partial charge < -0.3 is 14.8 Å². The van der Waals surface area contributed by atoms with Gasteiger partial charge in [-0.05, 0) is 29.3 Å². The Morgan fingerprint density at radius 1 is 1.17 bits per heavy atom. The minimum atomic E-state index is -0.174. The molecule has 24 heavy (non-hydrogen) atoms. The van der Waals surface area contributed by atoms with Gasteiger partial charge in [0.1, 0.15) is 10.9 Å². The fourth-order valence-corrected chi connectivity index (χ4v) is 3.25. The molecule has 1 aliphatic heterocycles. The van der Waals surface area contributed by atoms with E-state index in [4.69, 9.17) is 21.7 Å². The fourth-order valence-electron chi connectivity index (χ4n) is 2.20. The third-order valence-corrected chi connectivity index (χ3v) is 4.53. The van der Waals surface area contributed by atoms with Crippen LogP contribution in [-0.4, -0.2) is 17.3 Å². The number of benzene rings is 2. The third-order valence-electron chi connectivity index (χ3n) is 3.36. The van der Waals surface area contributed by atoms with Crippen LogP contribution in [0.25, 0.3) is 6.08 Å². The van der Waals surface area contributed by atoms with Gasteiger partial charge in [0.25, 0.3) is 5.91 Å².